The lowest BCUT2D eigenvalue weighted by Gasteiger charge is -2.11. The number of amides is 1. The number of hydrogen-bond acceptors (Lipinski definition) is 3. The van der Waals surface area contributed by atoms with Crippen molar-refractivity contribution in [1.82, 2.24) is 5.32 Å². The summed E-state index contributed by atoms with van der Waals surface area (Å²) in [6.45, 7) is 2.67. The van der Waals surface area contributed by atoms with E-state index in [9.17, 15) is 4.79 Å². The number of carbonyl (C=O) groups excluding carboxylic acids is 1. The standard InChI is InChI=1S/C12H17BrN2O2.ClH/c1-9(8-14)15-12(16)5-6-17-11-4-2-3-10(13)7-11;/h2-4,7,9H,5-6,8,14H2,1H3,(H,15,16);1H/t9-;/m0./s1. The smallest absolute Gasteiger partial charge is 0.223 e. The molecule has 102 valence electrons. The fourth-order valence-corrected chi connectivity index (χ4v) is 1.60. The zero-order valence-corrected chi connectivity index (χ0v) is 12.6. The number of carbonyl (C=O) groups is 1. The monoisotopic (exact) mass is 336 g/mol. The second-order valence-electron chi connectivity index (χ2n) is 3.76. The molecule has 3 N–H and O–H groups in total. The molecule has 0 aromatic heterocycles. The molecule has 18 heavy (non-hydrogen) atoms. The zero-order valence-electron chi connectivity index (χ0n) is 10.2. The normalized spacial score (nSPS) is 11.3. The molecule has 0 saturated carbocycles. The molecule has 1 atom stereocenters. The molecule has 0 aliphatic heterocycles. The van der Waals surface area contributed by atoms with Gasteiger partial charge in [0.05, 0.1) is 13.0 Å². The van der Waals surface area contributed by atoms with Crippen LogP contribution in [0.5, 0.6) is 5.75 Å². The molecule has 1 rings (SSSR count). The van der Waals surface area contributed by atoms with E-state index < -0.39 is 0 Å². The Kier molecular flexibility index (Phi) is 8.79. The van der Waals surface area contributed by atoms with Crippen LogP contribution in [0.1, 0.15) is 13.3 Å². The van der Waals surface area contributed by atoms with E-state index in [0.717, 1.165) is 10.2 Å². The Morgan fingerprint density at radius 2 is 2.28 bits per heavy atom. The summed E-state index contributed by atoms with van der Waals surface area (Å²) in [5.41, 5.74) is 5.41. The van der Waals surface area contributed by atoms with Gasteiger partial charge in [-0.25, -0.2) is 0 Å². The SMILES string of the molecule is C[C@@H](CN)NC(=O)CCOc1cccc(Br)c1.Cl. The highest BCUT2D eigenvalue weighted by Gasteiger charge is 2.05. The van der Waals surface area contributed by atoms with Gasteiger partial charge in [-0.05, 0) is 25.1 Å². The third kappa shape index (κ3) is 6.83. The van der Waals surface area contributed by atoms with E-state index in [1.54, 1.807) is 0 Å². The fraction of sp³-hybridized carbons (Fsp3) is 0.417. The van der Waals surface area contributed by atoms with Gasteiger partial charge >= 0.3 is 0 Å². The average molecular weight is 338 g/mol. The topological polar surface area (TPSA) is 64.3 Å². The molecule has 1 aromatic carbocycles. The first-order valence-electron chi connectivity index (χ1n) is 5.49. The summed E-state index contributed by atoms with van der Waals surface area (Å²) >= 11 is 3.35. The van der Waals surface area contributed by atoms with Crippen molar-refractivity contribution in [3.05, 3.63) is 28.7 Å². The van der Waals surface area contributed by atoms with Crippen LogP contribution >= 0.6 is 28.3 Å². The Bertz CT molecular complexity index is 377. The quantitative estimate of drug-likeness (QED) is 0.835. The minimum absolute atomic E-state index is 0. The number of benzene rings is 1. The molecule has 0 saturated heterocycles. The molecule has 0 radical (unpaired) electrons. The zero-order chi connectivity index (χ0) is 12.7. The Morgan fingerprint density at radius 1 is 1.56 bits per heavy atom. The number of ether oxygens (including phenoxy) is 1. The maximum atomic E-state index is 11.4. The van der Waals surface area contributed by atoms with Crippen LogP contribution in [0.25, 0.3) is 0 Å². The number of hydrogen-bond donors (Lipinski definition) is 2. The Labute approximate surface area is 122 Å². The van der Waals surface area contributed by atoms with E-state index in [4.69, 9.17) is 10.5 Å². The van der Waals surface area contributed by atoms with Crippen molar-refractivity contribution in [2.45, 2.75) is 19.4 Å². The van der Waals surface area contributed by atoms with Gasteiger partial charge in [0, 0.05) is 17.1 Å². The largest absolute Gasteiger partial charge is 0.493 e. The van der Waals surface area contributed by atoms with E-state index in [1.807, 2.05) is 31.2 Å². The fourth-order valence-electron chi connectivity index (χ4n) is 1.22. The minimum Gasteiger partial charge on any atom is -0.493 e. The molecule has 0 aliphatic carbocycles. The maximum absolute atomic E-state index is 11.4. The van der Waals surface area contributed by atoms with Crippen LogP contribution in [0.15, 0.2) is 28.7 Å². The Balaban J connectivity index is 0.00000289. The summed E-state index contributed by atoms with van der Waals surface area (Å²) in [6.07, 6.45) is 0.330. The third-order valence-corrected chi connectivity index (χ3v) is 2.65. The van der Waals surface area contributed by atoms with Crippen molar-refractivity contribution in [2.75, 3.05) is 13.2 Å². The summed E-state index contributed by atoms with van der Waals surface area (Å²) in [7, 11) is 0. The van der Waals surface area contributed by atoms with Gasteiger partial charge in [0.1, 0.15) is 5.75 Å². The van der Waals surface area contributed by atoms with Crippen molar-refractivity contribution >= 4 is 34.2 Å². The Hall–Kier alpha value is -0.780. The predicted molar refractivity (Wildman–Crippen MR) is 78.2 cm³/mol. The molecule has 1 amide bonds. The second-order valence-corrected chi connectivity index (χ2v) is 4.68. The van der Waals surface area contributed by atoms with Crippen LogP contribution in [0.2, 0.25) is 0 Å². The van der Waals surface area contributed by atoms with Crippen molar-refractivity contribution < 1.29 is 9.53 Å². The van der Waals surface area contributed by atoms with Gasteiger partial charge in [-0.1, -0.05) is 22.0 Å². The van der Waals surface area contributed by atoms with E-state index in [0.29, 0.717) is 19.6 Å². The van der Waals surface area contributed by atoms with Gasteiger partial charge in [0.25, 0.3) is 0 Å². The van der Waals surface area contributed by atoms with Crippen LogP contribution in [-0.4, -0.2) is 25.1 Å². The van der Waals surface area contributed by atoms with Crippen molar-refractivity contribution in [3.8, 4) is 5.75 Å². The molecule has 4 nitrogen and oxygen atoms in total. The van der Waals surface area contributed by atoms with Crippen molar-refractivity contribution in [1.29, 1.82) is 0 Å². The highest BCUT2D eigenvalue weighted by atomic mass is 79.9. The lowest BCUT2D eigenvalue weighted by atomic mass is 10.3. The first kappa shape index (κ1) is 17.2. The van der Waals surface area contributed by atoms with Gasteiger partial charge in [0.15, 0.2) is 0 Å². The minimum atomic E-state index is -0.0436. The summed E-state index contributed by atoms with van der Waals surface area (Å²) in [5, 5.41) is 2.77. The predicted octanol–water partition coefficient (Wildman–Crippen LogP) is 2.10. The number of rotatable bonds is 6. The van der Waals surface area contributed by atoms with Gasteiger partial charge in [-0.15, -0.1) is 12.4 Å². The molecule has 0 spiro atoms. The highest BCUT2D eigenvalue weighted by molar-refractivity contribution is 9.10. The van der Waals surface area contributed by atoms with Crippen LogP contribution in [0.3, 0.4) is 0 Å². The van der Waals surface area contributed by atoms with Gasteiger partial charge < -0.3 is 15.8 Å². The lowest BCUT2D eigenvalue weighted by Crippen LogP contribution is -2.38. The lowest BCUT2D eigenvalue weighted by molar-refractivity contribution is -0.122. The molecule has 0 fully saturated rings. The molecule has 0 unspecified atom stereocenters. The maximum Gasteiger partial charge on any atom is 0.223 e. The second kappa shape index (κ2) is 9.19. The van der Waals surface area contributed by atoms with Crippen LogP contribution in [0.4, 0.5) is 0 Å². The number of halogens is 2. The number of nitrogens with two attached hydrogens (primary N) is 1. The molecular formula is C12H18BrClN2O2. The van der Waals surface area contributed by atoms with Crippen molar-refractivity contribution in [3.63, 3.8) is 0 Å². The molecule has 6 heteroatoms. The third-order valence-electron chi connectivity index (χ3n) is 2.15. The highest BCUT2D eigenvalue weighted by Crippen LogP contribution is 2.17. The molecule has 0 aliphatic rings. The summed E-state index contributed by atoms with van der Waals surface area (Å²) < 4.78 is 6.41. The van der Waals surface area contributed by atoms with Crippen molar-refractivity contribution in [2.24, 2.45) is 5.73 Å². The first-order valence-corrected chi connectivity index (χ1v) is 6.29. The van der Waals surface area contributed by atoms with E-state index in [-0.39, 0.29) is 24.4 Å². The van der Waals surface area contributed by atoms with Gasteiger partial charge in [-0.3, -0.25) is 4.79 Å². The Morgan fingerprint density at radius 3 is 2.89 bits per heavy atom. The summed E-state index contributed by atoms with van der Waals surface area (Å²) in [6, 6.07) is 7.53. The van der Waals surface area contributed by atoms with Crippen LogP contribution < -0.4 is 15.8 Å². The first-order chi connectivity index (χ1) is 8.11. The van der Waals surface area contributed by atoms with Gasteiger partial charge in [-0.2, -0.15) is 0 Å². The van der Waals surface area contributed by atoms with Gasteiger partial charge in [0.2, 0.25) is 5.91 Å². The van der Waals surface area contributed by atoms with E-state index in [2.05, 4.69) is 21.2 Å². The van der Waals surface area contributed by atoms with Crippen LogP contribution in [0, 0.1) is 0 Å². The summed E-state index contributed by atoms with van der Waals surface area (Å²) in [4.78, 5) is 11.4. The van der Waals surface area contributed by atoms with Crippen LogP contribution in [-0.2, 0) is 4.79 Å². The molecule has 1 aromatic rings. The molecule has 0 bridgehead atoms. The van der Waals surface area contributed by atoms with E-state index >= 15 is 0 Å². The average Bonchev–Trinajstić information content (AvgIpc) is 2.29. The number of nitrogens with one attached hydrogen (secondary N) is 1. The molecule has 0 heterocycles. The van der Waals surface area contributed by atoms with E-state index in [1.165, 1.54) is 0 Å². The summed E-state index contributed by atoms with van der Waals surface area (Å²) in [5.74, 6) is 0.706. The molecular weight excluding hydrogens is 320 g/mol.